The number of nitrogens with one attached hydrogen (secondary N) is 1. The molecular formula is C20H22N4OS. The molecule has 0 aliphatic carbocycles. The molecule has 0 saturated carbocycles. The molecular weight excluding hydrogens is 344 g/mol. The van der Waals surface area contributed by atoms with Gasteiger partial charge in [0.1, 0.15) is 0 Å². The smallest absolute Gasteiger partial charge is 0.261 e. The van der Waals surface area contributed by atoms with Crippen molar-refractivity contribution in [3.63, 3.8) is 0 Å². The Morgan fingerprint density at radius 1 is 1.08 bits per heavy atom. The highest BCUT2D eigenvalue weighted by Gasteiger charge is 2.17. The number of hydrogen-bond acceptors (Lipinski definition) is 5. The van der Waals surface area contributed by atoms with Gasteiger partial charge in [-0.25, -0.2) is 0 Å². The summed E-state index contributed by atoms with van der Waals surface area (Å²) in [5.74, 6) is 0.0293. The Morgan fingerprint density at radius 3 is 2.62 bits per heavy atom. The van der Waals surface area contributed by atoms with Crippen LogP contribution in [0.5, 0.6) is 0 Å². The van der Waals surface area contributed by atoms with Gasteiger partial charge < -0.3 is 10.2 Å². The van der Waals surface area contributed by atoms with Crippen molar-refractivity contribution in [1.82, 2.24) is 15.2 Å². The molecule has 0 bridgehead atoms. The highest BCUT2D eigenvalue weighted by Crippen LogP contribution is 2.25. The van der Waals surface area contributed by atoms with Crippen molar-refractivity contribution in [3.05, 3.63) is 59.7 Å². The molecule has 0 spiro atoms. The van der Waals surface area contributed by atoms with Crippen LogP contribution in [-0.4, -0.2) is 55.1 Å². The molecule has 1 fully saturated rings. The summed E-state index contributed by atoms with van der Waals surface area (Å²) in [6.45, 7) is 5.62. The van der Waals surface area contributed by atoms with E-state index in [1.54, 1.807) is 11.3 Å². The Balaban J connectivity index is 1.23. The number of nitrogens with zero attached hydrogens (tertiary/aromatic N) is 3. The Labute approximate surface area is 157 Å². The summed E-state index contributed by atoms with van der Waals surface area (Å²) in [6, 6.07) is 14.2. The predicted octanol–water partition coefficient (Wildman–Crippen LogP) is 2.85. The summed E-state index contributed by atoms with van der Waals surface area (Å²) in [6.07, 6.45) is 3.68. The highest BCUT2D eigenvalue weighted by atomic mass is 32.1. The van der Waals surface area contributed by atoms with Crippen LogP contribution < -0.4 is 10.2 Å². The van der Waals surface area contributed by atoms with E-state index in [1.165, 1.54) is 5.69 Å². The van der Waals surface area contributed by atoms with Gasteiger partial charge in [0, 0.05) is 62.0 Å². The van der Waals surface area contributed by atoms with E-state index in [4.69, 9.17) is 0 Å². The summed E-state index contributed by atoms with van der Waals surface area (Å²) in [4.78, 5) is 22.0. The van der Waals surface area contributed by atoms with Gasteiger partial charge in [-0.05, 0) is 29.7 Å². The van der Waals surface area contributed by atoms with Crippen LogP contribution >= 0.6 is 11.3 Å². The van der Waals surface area contributed by atoms with Crippen molar-refractivity contribution in [2.75, 3.05) is 44.2 Å². The summed E-state index contributed by atoms with van der Waals surface area (Å²) < 4.78 is 1.16. The SMILES string of the molecule is O=C(NCCN1CCN(c2ccncc2)CC1)c1cc2ccccc2s1. The van der Waals surface area contributed by atoms with E-state index in [2.05, 4.69) is 38.3 Å². The fraction of sp³-hybridized carbons (Fsp3) is 0.300. The number of piperazine rings is 1. The predicted molar refractivity (Wildman–Crippen MR) is 107 cm³/mol. The quantitative estimate of drug-likeness (QED) is 0.754. The van der Waals surface area contributed by atoms with Gasteiger partial charge in [-0.15, -0.1) is 11.3 Å². The molecule has 2 aromatic heterocycles. The fourth-order valence-corrected chi connectivity index (χ4v) is 4.27. The van der Waals surface area contributed by atoms with E-state index in [0.29, 0.717) is 6.54 Å². The van der Waals surface area contributed by atoms with Gasteiger partial charge in [-0.3, -0.25) is 14.7 Å². The molecule has 4 rings (SSSR count). The molecule has 3 aromatic rings. The molecule has 3 heterocycles. The number of thiophene rings is 1. The van der Waals surface area contributed by atoms with E-state index >= 15 is 0 Å². The summed E-state index contributed by atoms with van der Waals surface area (Å²) >= 11 is 1.55. The second-order valence-corrected chi connectivity index (χ2v) is 7.52. The van der Waals surface area contributed by atoms with E-state index in [1.807, 2.05) is 36.7 Å². The number of rotatable bonds is 5. The van der Waals surface area contributed by atoms with Crippen LogP contribution in [-0.2, 0) is 0 Å². The van der Waals surface area contributed by atoms with Crippen molar-refractivity contribution in [1.29, 1.82) is 0 Å². The maximum atomic E-state index is 12.4. The van der Waals surface area contributed by atoms with Gasteiger partial charge in [-0.1, -0.05) is 18.2 Å². The lowest BCUT2D eigenvalue weighted by Gasteiger charge is -2.36. The number of carbonyl (C=O) groups excluding carboxylic acids is 1. The second kappa shape index (κ2) is 7.85. The van der Waals surface area contributed by atoms with Gasteiger partial charge in [0.05, 0.1) is 4.88 Å². The van der Waals surface area contributed by atoms with Crippen molar-refractivity contribution in [3.8, 4) is 0 Å². The normalized spacial score (nSPS) is 15.3. The van der Waals surface area contributed by atoms with Crippen molar-refractivity contribution >= 4 is 33.0 Å². The number of anilines is 1. The first-order valence-corrected chi connectivity index (χ1v) is 9.75. The molecule has 26 heavy (non-hydrogen) atoms. The minimum Gasteiger partial charge on any atom is -0.369 e. The number of fused-ring (bicyclic) bond motifs is 1. The van der Waals surface area contributed by atoms with E-state index in [9.17, 15) is 4.79 Å². The summed E-state index contributed by atoms with van der Waals surface area (Å²) in [7, 11) is 0. The largest absolute Gasteiger partial charge is 0.369 e. The number of carbonyl (C=O) groups is 1. The van der Waals surface area contributed by atoms with Gasteiger partial charge in [0.25, 0.3) is 5.91 Å². The number of amides is 1. The molecule has 0 unspecified atom stereocenters. The zero-order valence-corrected chi connectivity index (χ0v) is 15.4. The molecule has 1 saturated heterocycles. The third-order valence-electron chi connectivity index (χ3n) is 4.76. The van der Waals surface area contributed by atoms with Gasteiger partial charge in [0.15, 0.2) is 0 Å². The third kappa shape index (κ3) is 3.86. The molecule has 134 valence electrons. The first-order valence-electron chi connectivity index (χ1n) is 8.94. The minimum atomic E-state index is 0.0293. The highest BCUT2D eigenvalue weighted by molar-refractivity contribution is 7.20. The van der Waals surface area contributed by atoms with E-state index in [-0.39, 0.29) is 5.91 Å². The molecule has 1 aromatic carbocycles. The van der Waals surface area contributed by atoms with Crippen LogP contribution in [0.3, 0.4) is 0 Å². The Hall–Kier alpha value is -2.44. The maximum Gasteiger partial charge on any atom is 0.261 e. The lowest BCUT2D eigenvalue weighted by molar-refractivity contribution is 0.0952. The monoisotopic (exact) mass is 366 g/mol. The average molecular weight is 366 g/mol. The van der Waals surface area contributed by atoms with Crippen LogP contribution in [0, 0.1) is 0 Å². The molecule has 1 aliphatic rings. The molecule has 1 N–H and O–H groups in total. The van der Waals surface area contributed by atoms with Gasteiger partial charge in [-0.2, -0.15) is 0 Å². The van der Waals surface area contributed by atoms with Crippen molar-refractivity contribution < 1.29 is 4.79 Å². The van der Waals surface area contributed by atoms with E-state index < -0.39 is 0 Å². The number of pyridine rings is 1. The molecule has 0 atom stereocenters. The summed E-state index contributed by atoms with van der Waals surface area (Å²) in [5, 5.41) is 4.19. The van der Waals surface area contributed by atoms with Gasteiger partial charge >= 0.3 is 0 Å². The first-order chi connectivity index (χ1) is 12.8. The van der Waals surface area contributed by atoms with Crippen LogP contribution in [0.15, 0.2) is 54.9 Å². The maximum absolute atomic E-state index is 12.4. The van der Waals surface area contributed by atoms with Gasteiger partial charge in [0.2, 0.25) is 0 Å². The number of hydrogen-bond donors (Lipinski definition) is 1. The number of benzene rings is 1. The lowest BCUT2D eigenvalue weighted by Crippen LogP contribution is -2.48. The zero-order chi connectivity index (χ0) is 17.8. The topological polar surface area (TPSA) is 48.5 Å². The second-order valence-electron chi connectivity index (χ2n) is 6.44. The lowest BCUT2D eigenvalue weighted by atomic mass is 10.2. The Morgan fingerprint density at radius 2 is 1.85 bits per heavy atom. The van der Waals surface area contributed by atoms with Crippen LogP contribution in [0.1, 0.15) is 9.67 Å². The minimum absolute atomic E-state index is 0.0293. The van der Waals surface area contributed by atoms with Crippen LogP contribution in [0.4, 0.5) is 5.69 Å². The standard InChI is InChI=1S/C20H22N4OS/c25-20(19-15-16-3-1-2-4-18(16)26-19)22-9-10-23-11-13-24(14-12-23)17-5-7-21-8-6-17/h1-8,15H,9-14H2,(H,22,25). The average Bonchev–Trinajstić information content (AvgIpc) is 3.13. The van der Waals surface area contributed by atoms with Crippen LogP contribution in [0.2, 0.25) is 0 Å². The van der Waals surface area contributed by atoms with Crippen molar-refractivity contribution in [2.24, 2.45) is 0 Å². The van der Waals surface area contributed by atoms with E-state index in [0.717, 1.165) is 47.7 Å². The summed E-state index contributed by atoms with van der Waals surface area (Å²) in [5.41, 5.74) is 1.23. The molecule has 1 amide bonds. The zero-order valence-electron chi connectivity index (χ0n) is 14.6. The van der Waals surface area contributed by atoms with Crippen LogP contribution in [0.25, 0.3) is 10.1 Å². The first kappa shape index (κ1) is 17.0. The Kier molecular flexibility index (Phi) is 5.13. The molecule has 6 heteroatoms. The Bertz CT molecular complexity index is 839. The molecule has 5 nitrogen and oxygen atoms in total. The molecule has 0 radical (unpaired) electrons. The number of aromatic nitrogens is 1. The third-order valence-corrected chi connectivity index (χ3v) is 5.88. The fourth-order valence-electron chi connectivity index (χ4n) is 3.29. The van der Waals surface area contributed by atoms with Crippen molar-refractivity contribution in [2.45, 2.75) is 0 Å². The molecule has 1 aliphatic heterocycles.